The monoisotopic (exact) mass is 1090 g/mol. The zero-order chi connectivity index (χ0) is 50.1. The molecule has 12 rings (SSSR count). The Hall–Kier alpha value is -7.10. The van der Waals surface area contributed by atoms with Gasteiger partial charge in [0.1, 0.15) is 0 Å². The summed E-state index contributed by atoms with van der Waals surface area (Å²) in [7, 11) is -5.67. The van der Waals surface area contributed by atoms with Gasteiger partial charge in [-0.3, -0.25) is 29.0 Å². The summed E-state index contributed by atoms with van der Waals surface area (Å²) in [5.41, 5.74) is 5.03. The number of aromatic amines is 2. The van der Waals surface area contributed by atoms with Crippen LogP contribution in [0.3, 0.4) is 0 Å². The van der Waals surface area contributed by atoms with Crippen molar-refractivity contribution in [3.8, 4) is 22.5 Å². The molecule has 6 heterocycles. The van der Waals surface area contributed by atoms with Gasteiger partial charge in [-0.1, -0.05) is 84.0 Å². The van der Waals surface area contributed by atoms with E-state index in [-0.39, 0.29) is 58.8 Å². The number of rotatable bonds is 10. The Bertz CT molecular complexity index is 3660. The molecule has 0 spiro atoms. The van der Waals surface area contributed by atoms with Crippen LogP contribution in [-0.4, -0.2) is 96.4 Å². The van der Waals surface area contributed by atoms with Crippen LogP contribution >= 0.6 is 15.9 Å². The van der Waals surface area contributed by atoms with E-state index in [0.717, 1.165) is 34.0 Å². The summed E-state index contributed by atoms with van der Waals surface area (Å²) >= 11 is 3.23. The van der Waals surface area contributed by atoms with Gasteiger partial charge in [0.05, 0.1) is 80.8 Å². The zero-order valence-electron chi connectivity index (χ0n) is 38.6. The van der Waals surface area contributed by atoms with Gasteiger partial charge in [-0.15, -0.1) is 0 Å². The van der Waals surface area contributed by atoms with Gasteiger partial charge >= 0.3 is 0 Å². The smallest absolute Gasteiger partial charge is 0.274 e. The van der Waals surface area contributed by atoms with Crippen molar-refractivity contribution >= 4 is 80.3 Å². The first-order chi connectivity index (χ1) is 34.7. The summed E-state index contributed by atoms with van der Waals surface area (Å²) in [6.07, 6.45) is 12.1. The number of amides is 2. The Morgan fingerprint density at radius 2 is 1.21 bits per heavy atom. The fourth-order valence-electron chi connectivity index (χ4n) is 9.21. The van der Waals surface area contributed by atoms with Crippen LogP contribution in [0.5, 0.6) is 0 Å². The molecule has 2 aliphatic heterocycles. The molecular weight excluding hydrogens is 1040 g/mol. The van der Waals surface area contributed by atoms with Crippen molar-refractivity contribution in [2.24, 2.45) is 11.8 Å². The molecule has 0 bridgehead atoms. The number of hydrogen-bond acceptors (Lipinski definition) is 12. The minimum absolute atomic E-state index is 0. The van der Waals surface area contributed by atoms with Gasteiger partial charge in [-0.05, 0) is 86.8 Å². The van der Waals surface area contributed by atoms with Gasteiger partial charge in [-0.25, -0.2) is 26.6 Å². The zero-order valence-corrected chi connectivity index (χ0v) is 41.9. The molecule has 4 aromatic heterocycles. The lowest BCUT2D eigenvalue weighted by atomic mass is 10.0. The third kappa shape index (κ3) is 11.7. The maximum absolute atomic E-state index is 13.4. The fraction of sp³-hybridized carbons (Fsp3) is 0.308. The molecule has 4 fully saturated rings. The Morgan fingerprint density at radius 1 is 0.658 bits per heavy atom. The molecule has 4 N–H and O–H groups in total. The molecule has 4 aliphatic rings. The standard InChI is InChI=1S/C25H23N5O2.C22H19N5O4S.C4H7BrO2S.CH4/c31-24(18-13-26-27-14-18)28-19-11-9-15(10-12-19)22-20-3-1-2-4-21(20)25(32)30(29-22)23(16-5-6-16)17-7-8-17;28-21(15-11-23-27(12-15)17-9-10-32(30,31)13-17)24-16-7-5-14(6-8-16)20-18-3-1-2-4-19(18)22(29)26-25-20;5-4-1-2-8(6,7)3-4;/h1-4,9-14,16-17,23H,5-8H2,(H,26,27)(H,28,31);1-8,11-12,17H,9-10,13H2,(H,24,28)(H,26,29);4H,1-3H2;1H4. The summed E-state index contributed by atoms with van der Waals surface area (Å²) < 4.78 is 47.9. The highest BCUT2D eigenvalue weighted by molar-refractivity contribution is 9.09. The average molecular weight is 1090 g/mol. The Kier molecular flexibility index (Phi) is 14.7. The average Bonchev–Trinajstić information content (AvgIpc) is 4.17. The van der Waals surface area contributed by atoms with Crippen molar-refractivity contribution in [3.05, 3.63) is 154 Å². The first-order valence-corrected chi connectivity index (χ1v) is 28.1. The number of alkyl halides is 1. The highest BCUT2D eigenvalue weighted by Gasteiger charge is 2.44. The molecule has 0 radical (unpaired) electrons. The van der Waals surface area contributed by atoms with Gasteiger partial charge in [0.25, 0.3) is 22.9 Å². The molecule has 73 heavy (non-hydrogen) atoms. The molecule has 2 amide bonds. The summed E-state index contributed by atoms with van der Waals surface area (Å²) in [5, 5.41) is 30.8. The molecule has 2 aliphatic carbocycles. The van der Waals surface area contributed by atoms with Crippen molar-refractivity contribution in [3.63, 3.8) is 0 Å². The number of sulfone groups is 2. The van der Waals surface area contributed by atoms with Gasteiger partial charge in [0.15, 0.2) is 19.7 Å². The normalized spacial score (nSPS) is 18.5. The summed E-state index contributed by atoms with van der Waals surface area (Å²) in [6, 6.07) is 29.7. The van der Waals surface area contributed by atoms with E-state index < -0.39 is 19.7 Å². The van der Waals surface area contributed by atoms with Crippen LogP contribution in [0.4, 0.5) is 11.4 Å². The van der Waals surface area contributed by atoms with E-state index in [1.165, 1.54) is 38.1 Å². The maximum atomic E-state index is 13.4. The second-order valence-corrected chi connectivity index (χ2v) is 24.3. The lowest BCUT2D eigenvalue weighted by Crippen LogP contribution is -2.30. The fourth-order valence-corrected chi connectivity index (χ4v) is 14.2. The highest BCUT2D eigenvalue weighted by atomic mass is 79.9. The topological polar surface area (TPSA) is 254 Å². The Balaban J connectivity index is 0.000000154. The maximum Gasteiger partial charge on any atom is 0.274 e. The number of benzene rings is 4. The molecule has 2 atom stereocenters. The molecule has 21 heteroatoms. The molecule has 378 valence electrons. The third-order valence-electron chi connectivity index (χ3n) is 13.2. The summed E-state index contributed by atoms with van der Waals surface area (Å²) in [5.74, 6) is 1.47. The number of halogens is 1. The first-order valence-electron chi connectivity index (χ1n) is 23.6. The van der Waals surface area contributed by atoms with E-state index in [1.807, 2.05) is 72.8 Å². The van der Waals surface area contributed by atoms with Crippen molar-refractivity contribution in [1.82, 2.24) is 40.0 Å². The minimum Gasteiger partial charge on any atom is -0.322 e. The molecule has 2 saturated heterocycles. The van der Waals surface area contributed by atoms with Crippen molar-refractivity contribution in [2.45, 2.75) is 62.9 Å². The van der Waals surface area contributed by atoms with Crippen LogP contribution in [0.25, 0.3) is 44.1 Å². The second-order valence-electron chi connectivity index (χ2n) is 18.6. The van der Waals surface area contributed by atoms with Gasteiger partial charge in [0, 0.05) is 50.5 Å². The van der Waals surface area contributed by atoms with Crippen LogP contribution in [0.1, 0.15) is 78.8 Å². The number of nitrogens with zero attached hydrogens (tertiary/aromatic N) is 6. The van der Waals surface area contributed by atoms with Crippen LogP contribution < -0.4 is 21.8 Å². The van der Waals surface area contributed by atoms with Gasteiger partial charge < -0.3 is 10.6 Å². The predicted octanol–water partition coefficient (Wildman–Crippen LogP) is 8.00. The minimum atomic E-state index is -3.03. The van der Waals surface area contributed by atoms with E-state index in [9.17, 15) is 36.0 Å². The lowest BCUT2D eigenvalue weighted by Gasteiger charge is -2.20. The van der Waals surface area contributed by atoms with Crippen LogP contribution in [0.2, 0.25) is 0 Å². The number of nitrogens with one attached hydrogen (secondary N) is 4. The van der Waals surface area contributed by atoms with E-state index in [0.29, 0.717) is 68.7 Å². The van der Waals surface area contributed by atoms with Crippen molar-refractivity contribution in [2.75, 3.05) is 33.6 Å². The molecule has 8 aromatic rings. The van der Waals surface area contributed by atoms with E-state index >= 15 is 0 Å². The number of anilines is 2. The SMILES string of the molecule is C.O=C(Nc1ccc(-c2n[nH]c(=O)c3ccccc23)cc1)c1cnn(C2CCS(=O)(=O)C2)c1.O=C(Nc1ccc(-c2nn(C(C3CC3)C3CC3)c(=O)c3ccccc23)cc1)c1cn[nH]c1.O=S1(=O)CCC(Br)C1. The molecular formula is C52H53BrN10O8S2. The number of H-pyrrole nitrogens is 2. The van der Waals surface area contributed by atoms with Crippen molar-refractivity contribution < 1.29 is 26.4 Å². The Morgan fingerprint density at radius 3 is 1.73 bits per heavy atom. The number of fused-ring (bicyclic) bond motifs is 2. The van der Waals surface area contributed by atoms with Crippen LogP contribution in [-0.2, 0) is 19.7 Å². The molecule has 2 unspecified atom stereocenters. The first kappa shape index (κ1) is 50.8. The van der Waals surface area contributed by atoms with E-state index in [4.69, 9.17) is 5.10 Å². The second kappa shape index (κ2) is 21.2. The van der Waals surface area contributed by atoms with Crippen LogP contribution in [0, 0.1) is 11.8 Å². The number of carbonyl (C=O) groups is 2. The van der Waals surface area contributed by atoms with Crippen molar-refractivity contribution in [1.29, 1.82) is 0 Å². The largest absolute Gasteiger partial charge is 0.322 e. The summed E-state index contributed by atoms with van der Waals surface area (Å²) in [4.78, 5) is 50.4. The van der Waals surface area contributed by atoms with Crippen LogP contribution in [0.15, 0.2) is 131 Å². The van der Waals surface area contributed by atoms with E-state index in [1.54, 1.807) is 46.0 Å². The lowest BCUT2D eigenvalue weighted by molar-refractivity contribution is 0.101. The Labute approximate surface area is 429 Å². The quantitative estimate of drug-likeness (QED) is 0.0951. The molecule has 4 aromatic carbocycles. The van der Waals surface area contributed by atoms with Gasteiger partial charge in [0.2, 0.25) is 0 Å². The molecule has 18 nitrogen and oxygen atoms in total. The van der Waals surface area contributed by atoms with Gasteiger partial charge in [-0.2, -0.15) is 20.4 Å². The number of aromatic nitrogens is 8. The molecule has 2 saturated carbocycles. The third-order valence-corrected chi connectivity index (χ3v) is 18.0. The van der Waals surface area contributed by atoms with E-state index in [2.05, 4.69) is 52.1 Å². The highest BCUT2D eigenvalue weighted by Crippen LogP contribution is 2.51. The number of carbonyl (C=O) groups excluding carboxylic acids is 2. The number of hydrogen-bond donors (Lipinski definition) is 4. The predicted molar refractivity (Wildman–Crippen MR) is 285 cm³/mol. The summed E-state index contributed by atoms with van der Waals surface area (Å²) in [6.45, 7) is 0.